The summed E-state index contributed by atoms with van der Waals surface area (Å²) in [6.45, 7) is 2.57. The maximum absolute atomic E-state index is 14.5. The first-order chi connectivity index (χ1) is 16.2. The van der Waals surface area contributed by atoms with E-state index < -0.39 is 11.7 Å². The van der Waals surface area contributed by atoms with Crippen LogP contribution in [0.15, 0.2) is 48.7 Å². The number of benzene rings is 2. The molecule has 0 bridgehead atoms. The highest BCUT2D eigenvalue weighted by atomic mass is 19.1. The van der Waals surface area contributed by atoms with Crippen LogP contribution in [-0.4, -0.2) is 42.6 Å². The highest BCUT2D eigenvalue weighted by Crippen LogP contribution is 2.36. The van der Waals surface area contributed by atoms with Crippen molar-refractivity contribution in [1.82, 2.24) is 20.8 Å². The maximum atomic E-state index is 14.5. The number of nitrogens with zero attached hydrogens (tertiary/aromatic N) is 1. The Hall–Kier alpha value is -3.59. The fraction of sp³-hybridized carbons (Fsp3) is 0.333. The summed E-state index contributed by atoms with van der Waals surface area (Å²) in [5.41, 5.74) is 1.73. The van der Waals surface area contributed by atoms with E-state index in [4.69, 9.17) is 14.2 Å². The number of carbonyl (C=O) groups excluding carboxylic acids is 1. The molecule has 0 radical (unpaired) electrons. The average Bonchev–Trinajstić information content (AvgIpc) is 3.53. The normalized spacial score (nSPS) is 19.3. The minimum Gasteiger partial charge on any atom is -0.493 e. The summed E-state index contributed by atoms with van der Waals surface area (Å²) in [6, 6.07) is 12.1. The molecule has 1 aromatic heterocycles. The van der Waals surface area contributed by atoms with E-state index in [0.29, 0.717) is 23.9 Å². The fourth-order valence-corrected chi connectivity index (χ4v) is 4.31. The minimum atomic E-state index is -0.539. The van der Waals surface area contributed by atoms with Crippen molar-refractivity contribution in [2.75, 3.05) is 26.5 Å². The van der Waals surface area contributed by atoms with Gasteiger partial charge in [-0.25, -0.2) is 4.39 Å². The monoisotopic (exact) mass is 452 g/mol. The van der Waals surface area contributed by atoms with Crippen LogP contribution in [0.2, 0.25) is 0 Å². The van der Waals surface area contributed by atoms with Gasteiger partial charge in [0.15, 0.2) is 11.5 Å². The van der Waals surface area contributed by atoms with E-state index in [-0.39, 0.29) is 30.7 Å². The number of H-pyrrole nitrogens is 1. The highest BCUT2D eigenvalue weighted by molar-refractivity contribution is 5.94. The molecule has 1 fully saturated rings. The van der Waals surface area contributed by atoms with Gasteiger partial charge in [0.2, 0.25) is 6.79 Å². The Labute approximate surface area is 190 Å². The van der Waals surface area contributed by atoms with Crippen molar-refractivity contribution in [2.24, 2.45) is 5.92 Å². The predicted molar refractivity (Wildman–Crippen MR) is 118 cm³/mol. The van der Waals surface area contributed by atoms with Crippen LogP contribution in [0.25, 0.3) is 0 Å². The molecule has 8 nitrogen and oxygen atoms in total. The smallest absolute Gasteiger partial charge is 0.254 e. The molecule has 3 heterocycles. The van der Waals surface area contributed by atoms with Crippen LogP contribution in [0.4, 0.5) is 4.39 Å². The van der Waals surface area contributed by atoms with Crippen molar-refractivity contribution < 1.29 is 23.4 Å². The lowest BCUT2D eigenvalue weighted by molar-refractivity contribution is 0.0946. The molecule has 3 N–H and O–H groups in total. The Morgan fingerprint density at radius 1 is 1.18 bits per heavy atom. The van der Waals surface area contributed by atoms with Crippen LogP contribution in [0.1, 0.15) is 34.0 Å². The van der Waals surface area contributed by atoms with Gasteiger partial charge in [-0.05, 0) is 54.8 Å². The largest absolute Gasteiger partial charge is 0.493 e. The van der Waals surface area contributed by atoms with E-state index >= 15 is 0 Å². The first kappa shape index (κ1) is 21.3. The summed E-state index contributed by atoms with van der Waals surface area (Å²) >= 11 is 0. The van der Waals surface area contributed by atoms with Gasteiger partial charge in [0, 0.05) is 24.7 Å². The van der Waals surface area contributed by atoms with E-state index in [0.717, 1.165) is 30.8 Å². The van der Waals surface area contributed by atoms with E-state index in [2.05, 4.69) is 20.8 Å². The third-order valence-electron chi connectivity index (χ3n) is 6.08. The molecule has 33 heavy (non-hydrogen) atoms. The number of carbonyl (C=O) groups is 1. The van der Waals surface area contributed by atoms with E-state index in [9.17, 15) is 9.18 Å². The minimum absolute atomic E-state index is 0.0426. The van der Waals surface area contributed by atoms with Crippen molar-refractivity contribution in [3.63, 3.8) is 0 Å². The second kappa shape index (κ2) is 9.50. The quantitative estimate of drug-likeness (QED) is 0.510. The van der Waals surface area contributed by atoms with Crippen molar-refractivity contribution in [1.29, 1.82) is 0 Å². The van der Waals surface area contributed by atoms with Crippen molar-refractivity contribution in [3.8, 4) is 17.2 Å². The molecule has 1 amide bonds. The van der Waals surface area contributed by atoms with Gasteiger partial charge in [0.1, 0.15) is 11.6 Å². The SMILES string of the molecule is O=C(NCc1ccn[nH]1)c1cc(C2CCNCC2COc2ccc3c(c2)OCO3)ccc1F. The molecule has 9 heteroatoms. The number of halogens is 1. The molecule has 0 spiro atoms. The summed E-state index contributed by atoms with van der Waals surface area (Å²) in [4.78, 5) is 12.6. The molecule has 172 valence electrons. The first-order valence-electron chi connectivity index (χ1n) is 11.0. The molecular weight excluding hydrogens is 427 g/mol. The zero-order valence-electron chi connectivity index (χ0n) is 18.0. The van der Waals surface area contributed by atoms with Crippen LogP contribution >= 0.6 is 0 Å². The van der Waals surface area contributed by atoms with Gasteiger partial charge in [-0.2, -0.15) is 5.10 Å². The summed E-state index contributed by atoms with van der Waals surface area (Å²) in [6.07, 6.45) is 2.47. The van der Waals surface area contributed by atoms with E-state index in [1.165, 1.54) is 6.07 Å². The topological polar surface area (TPSA) is 97.5 Å². The Balaban J connectivity index is 1.28. The second-order valence-electron chi connectivity index (χ2n) is 8.19. The Morgan fingerprint density at radius 3 is 2.97 bits per heavy atom. The number of hydrogen-bond acceptors (Lipinski definition) is 6. The average molecular weight is 452 g/mol. The van der Waals surface area contributed by atoms with Crippen LogP contribution in [-0.2, 0) is 6.54 Å². The number of fused-ring (bicyclic) bond motifs is 1. The standard InChI is InChI=1S/C24H25FN4O4/c25-21-3-1-15(9-20(21)24(30)27-12-17-5-8-28-29-17)19-6-7-26-11-16(19)13-31-18-2-4-22-23(10-18)33-14-32-22/h1-5,8-10,16,19,26H,6-7,11-14H2,(H,27,30)(H,28,29). The molecule has 2 aromatic carbocycles. The number of hydrogen-bond donors (Lipinski definition) is 3. The number of aromatic amines is 1. The predicted octanol–water partition coefficient (Wildman–Crippen LogP) is 2.98. The molecule has 1 saturated heterocycles. The zero-order chi connectivity index (χ0) is 22.6. The van der Waals surface area contributed by atoms with Crippen molar-refractivity contribution >= 4 is 5.91 Å². The van der Waals surface area contributed by atoms with E-state index in [1.54, 1.807) is 24.4 Å². The van der Waals surface area contributed by atoms with Crippen LogP contribution < -0.4 is 24.8 Å². The summed E-state index contributed by atoms with van der Waals surface area (Å²) in [5.74, 6) is 1.41. The molecule has 2 unspecified atom stereocenters. The lowest BCUT2D eigenvalue weighted by Gasteiger charge is -2.32. The lowest BCUT2D eigenvalue weighted by atomic mass is 9.81. The van der Waals surface area contributed by atoms with Gasteiger partial charge in [-0.3, -0.25) is 9.89 Å². The molecule has 2 aliphatic heterocycles. The van der Waals surface area contributed by atoms with Crippen molar-refractivity contribution in [3.05, 3.63) is 71.3 Å². The number of amides is 1. The van der Waals surface area contributed by atoms with Gasteiger partial charge < -0.3 is 24.8 Å². The van der Waals surface area contributed by atoms with Crippen LogP contribution in [0, 0.1) is 11.7 Å². The molecule has 2 aliphatic rings. The van der Waals surface area contributed by atoms with Crippen LogP contribution in [0.5, 0.6) is 17.2 Å². The van der Waals surface area contributed by atoms with Crippen molar-refractivity contribution in [2.45, 2.75) is 18.9 Å². The first-order valence-corrected chi connectivity index (χ1v) is 11.0. The van der Waals surface area contributed by atoms with Gasteiger partial charge >= 0.3 is 0 Å². The van der Waals surface area contributed by atoms with Gasteiger partial charge in [0.05, 0.1) is 24.4 Å². The second-order valence-corrected chi connectivity index (χ2v) is 8.19. The molecule has 3 aromatic rings. The highest BCUT2D eigenvalue weighted by Gasteiger charge is 2.28. The molecule has 2 atom stereocenters. The molecule has 0 aliphatic carbocycles. The lowest BCUT2D eigenvalue weighted by Crippen LogP contribution is -2.38. The van der Waals surface area contributed by atoms with Gasteiger partial charge in [0.25, 0.3) is 5.91 Å². The summed E-state index contributed by atoms with van der Waals surface area (Å²) < 4.78 is 31.3. The molecule has 5 rings (SSSR count). The number of piperidine rings is 1. The Kier molecular flexibility index (Phi) is 6.12. The van der Waals surface area contributed by atoms with Crippen LogP contribution in [0.3, 0.4) is 0 Å². The Bertz CT molecular complexity index is 1120. The van der Waals surface area contributed by atoms with Gasteiger partial charge in [-0.1, -0.05) is 6.07 Å². The maximum Gasteiger partial charge on any atom is 0.254 e. The van der Waals surface area contributed by atoms with Gasteiger partial charge in [-0.15, -0.1) is 0 Å². The molecule has 0 saturated carbocycles. The fourth-order valence-electron chi connectivity index (χ4n) is 4.31. The summed E-state index contributed by atoms with van der Waals surface area (Å²) in [7, 11) is 0. The molecular formula is C24H25FN4O4. The van der Waals surface area contributed by atoms with E-state index in [1.807, 2.05) is 18.2 Å². The number of nitrogens with one attached hydrogen (secondary N) is 3. The number of ether oxygens (including phenoxy) is 3. The zero-order valence-corrected chi connectivity index (χ0v) is 18.0. The number of aromatic nitrogens is 2. The third-order valence-corrected chi connectivity index (χ3v) is 6.08. The number of rotatable bonds is 7. The Morgan fingerprint density at radius 2 is 2.09 bits per heavy atom. The third kappa shape index (κ3) is 4.78. The summed E-state index contributed by atoms with van der Waals surface area (Å²) in [5, 5.41) is 12.8.